The molecule has 1 spiro atoms. The highest BCUT2D eigenvalue weighted by atomic mass is 16.8. The molecule has 1 saturated heterocycles. The van der Waals surface area contributed by atoms with E-state index in [-0.39, 0.29) is 0 Å². The summed E-state index contributed by atoms with van der Waals surface area (Å²) in [5.74, 6) is 1.08. The molecule has 1 atom stereocenters. The summed E-state index contributed by atoms with van der Waals surface area (Å²) in [4.78, 5) is 13.6. The fourth-order valence-corrected chi connectivity index (χ4v) is 4.37. The maximum absolute atomic E-state index is 5.22. The van der Waals surface area contributed by atoms with Gasteiger partial charge in [-0.2, -0.15) is 4.94 Å². The van der Waals surface area contributed by atoms with Crippen LogP contribution in [0.15, 0.2) is 48.7 Å². The highest BCUT2D eigenvalue weighted by Gasteiger charge is 2.49. The van der Waals surface area contributed by atoms with Gasteiger partial charge in [-0.05, 0) is 47.9 Å². The number of hydrogen-bond acceptors (Lipinski definition) is 5. The van der Waals surface area contributed by atoms with Crippen LogP contribution in [0.3, 0.4) is 0 Å². The first-order valence-electron chi connectivity index (χ1n) is 9.89. The third-order valence-electron chi connectivity index (χ3n) is 6.29. The number of aromatic amines is 1. The average Bonchev–Trinajstić information content (AvgIpc) is 3.04. The Balaban J connectivity index is 1.27. The van der Waals surface area contributed by atoms with E-state index in [4.69, 9.17) is 9.92 Å². The summed E-state index contributed by atoms with van der Waals surface area (Å²) in [6.45, 7) is 1.14. The molecule has 142 valence electrons. The maximum atomic E-state index is 5.22. The highest BCUT2D eigenvalue weighted by molar-refractivity contribution is 5.82. The molecule has 2 fully saturated rings. The van der Waals surface area contributed by atoms with Gasteiger partial charge in [0.05, 0.1) is 29.0 Å². The van der Waals surface area contributed by atoms with Crippen molar-refractivity contribution in [3.63, 3.8) is 0 Å². The van der Waals surface area contributed by atoms with Crippen LogP contribution in [0.1, 0.15) is 36.7 Å². The van der Waals surface area contributed by atoms with E-state index >= 15 is 0 Å². The molecule has 3 N–H and O–H groups in total. The van der Waals surface area contributed by atoms with Gasteiger partial charge in [0.15, 0.2) is 0 Å². The summed E-state index contributed by atoms with van der Waals surface area (Å²) in [6, 6.07) is 15.3. The van der Waals surface area contributed by atoms with Crippen LogP contribution in [-0.2, 0) is 4.94 Å². The Morgan fingerprint density at radius 1 is 1.07 bits per heavy atom. The van der Waals surface area contributed by atoms with Crippen molar-refractivity contribution in [2.45, 2.75) is 25.3 Å². The van der Waals surface area contributed by atoms with Gasteiger partial charge in [-0.25, -0.2) is 15.5 Å². The first-order valence-corrected chi connectivity index (χ1v) is 9.89. The molecule has 2 aliphatic heterocycles. The van der Waals surface area contributed by atoms with Gasteiger partial charge in [-0.1, -0.05) is 30.3 Å². The lowest BCUT2D eigenvalue weighted by Crippen LogP contribution is -2.14. The van der Waals surface area contributed by atoms with Crippen molar-refractivity contribution in [3.8, 4) is 11.1 Å². The van der Waals surface area contributed by atoms with E-state index < -0.39 is 0 Å². The van der Waals surface area contributed by atoms with E-state index in [2.05, 4.69) is 58.2 Å². The Hall–Kier alpha value is -2.83. The number of rotatable bonds is 3. The smallest absolute Gasteiger partial charge is 0.124 e. The van der Waals surface area contributed by atoms with Crippen molar-refractivity contribution in [1.29, 1.82) is 0 Å². The zero-order valence-corrected chi connectivity index (χ0v) is 15.8. The molecule has 1 aromatic heterocycles. The Morgan fingerprint density at radius 3 is 2.57 bits per heavy atom. The molecule has 0 radical (unpaired) electrons. The van der Waals surface area contributed by atoms with Gasteiger partial charge in [-0.3, -0.25) is 0 Å². The van der Waals surface area contributed by atoms with Crippen molar-refractivity contribution in [1.82, 2.24) is 25.8 Å². The summed E-state index contributed by atoms with van der Waals surface area (Å²) in [7, 11) is 1.85. The Bertz CT molecular complexity index is 1080. The van der Waals surface area contributed by atoms with E-state index in [1.807, 2.05) is 13.2 Å². The number of nitrogens with zero attached hydrogens (tertiary/aromatic N) is 2. The van der Waals surface area contributed by atoms with Gasteiger partial charge in [0.2, 0.25) is 0 Å². The second-order valence-corrected chi connectivity index (χ2v) is 8.35. The summed E-state index contributed by atoms with van der Waals surface area (Å²) in [5.41, 5.74) is 10.0. The topological polar surface area (TPSA) is 65.2 Å². The predicted octanol–water partition coefficient (Wildman–Crippen LogP) is 3.72. The number of nitrogens with one attached hydrogen (secondary N) is 3. The number of hydrogen-bond donors (Lipinski definition) is 3. The van der Waals surface area contributed by atoms with E-state index in [1.54, 1.807) is 5.06 Å². The average molecular weight is 373 g/mol. The van der Waals surface area contributed by atoms with Crippen LogP contribution in [-0.4, -0.2) is 28.6 Å². The molecule has 1 aliphatic carbocycles. The molecule has 1 unspecified atom stereocenters. The number of aromatic nitrogens is 2. The first kappa shape index (κ1) is 16.2. The van der Waals surface area contributed by atoms with Crippen LogP contribution >= 0.6 is 0 Å². The van der Waals surface area contributed by atoms with Gasteiger partial charge in [0, 0.05) is 19.2 Å². The molecule has 3 aliphatic rings. The lowest BCUT2D eigenvalue weighted by molar-refractivity contribution is -0.121. The number of benzene rings is 2. The van der Waals surface area contributed by atoms with E-state index in [9.17, 15) is 0 Å². The molecule has 0 bridgehead atoms. The lowest BCUT2D eigenvalue weighted by Gasteiger charge is -2.05. The molecule has 6 nitrogen and oxygen atoms in total. The van der Waals surface area contributed by atoms with E-state index in [0.717, 1.165) is 34.7 Å². The van der Waals surface area contributed by atoms with Gasteiger partial charge in [0.1, 0.15) is 5.82 Å². The van der Waals surface area contributed by atoms with Crippen molar-refractivity contribution in [2.75, 3.05) is 13.6 Å². The van der Waals surface area contributed by atoms with Gasteiger partial charge >= 0.3 is 0 Å². The molecular formula is C22H23N5O. The fourth-order valence-electron chi connectivity index (χ4n) is 4.37. The van der Waals surface area contributed by atoms with E-state index in [0.29, 0.717) is 11.5 Å². The standard InChI is InChI=1S/C22H23N5O/c1-27-12-20(26-28-27)15-4-2-14(3-5-15)16-6-7-17-18(10-16)25-21(24-17)19-11-22(8-9-22)13-23-19/h2-7,10,12,19,23,26H,8-9,11,13H2,1H3,(H,24,25). The Kier molecular flexibility index (Phi) is 3.36. The third-order valence-corrected chi connectivity index (χ3v) is 6.29. The normalized spacial score (nSPS) is 22.7. The SMILES string of the molecule is CN1C=C(c2ccc(-c3ccc4[nH]c(C5CC6(CC6)CN5)nc4c3)cc2)NO1. The molecule has 3 aromatic rings. The molecule has 1 saturated carbocycles. The zero-order valence-electron chi connectivity index (χ0n) is 15.8. The summed E-state index contributed by atoms with van der Waals surface area (Å²) < 4.78 is 0. The minimum atomic E-state index is 0.366. The second kappa shape index (κ2) is 5.83. The van der Waals surface area contributed by atoms with E-state index in [1.165, 1.54) is 30.4 Å². The van der Waals surface area contributed by atoms with Crippen LogP contribution < -0.4 is 10.8 Å². The minimum absolute atomic E-state index is 0.366. The number of fused-ring (bicyclic) bond motifs is 1. The lowest BCUT2D eigenvalue weighted by atomic mass is 10.0. The first-order chi connectivity index (χ1) is 13.7. The molecule has 0 amide bonds. The zero-order chi connectivity index (χ0) is 18.7. The van der Waals surface area contributed by atoms with Crippen LogP contribution in [0.25, 0.3) is 27.9 Å². The largest absolute Gasteiger partial charge is 0.341 e. The molecule has 2 aromatic carbocycles. The van der Waals surface area contributed by atoms with Crippen LogP contribution in [0.4, 0.5) is 0 Å². The quantitative estimate of drug-likeness (QED) is 0.653. The molecule has 6 heteroatoms. The van der Waals surface area contributed by atoms with Crippen molar-refractivity contribution in [3.05, 3.63) is 60.1 Å². The van der Waals surface area contributed by atoms with Gasteiger partial charge < -0.3 is 10.3 Å². The van der Waals surface area contributed by atoms with Crippen molar-refractivity contribution >= 4 is 16.7 Å². The van der Waals surface area contributed by atoms with Crippen molar-refractivity contribution < 1.29 is 4.94 Å². The highest BCUT2D eigenvalue weighted by Crippen LogP contribution is 2.54. The maximum Gasteiger partial charge on any atom is 0.124 e. The summed E-state index contributed by atoms with van der Waals surface area (Å²) in [5, 5.41) is 5.30. The van der Waals surface area contributed by atoms with Crippen molar-refractivity contribution in [2.24, 2.45) is 5.41 Å². The van der Waals surface area contributed by atoms with Crippen LogP contribution in [0.5, 0.6) is 0 Å². The predicted molar refractivity (Wildman–Crippen MR) is 109 cm³/mol. The Labute approximate surface area is 163 Å². The second-order valence-electron chi connectivity index (χ2n) is 8.35. The number of imidazole rings is 1. The van der Waals surface area contributed by atoms with Gasteiger partial charge in [0.25, 0.3) is 0 Å². The monoisotopic (exact) mass is 373 g/mol. The molecule has 3 heterocycles. The number of hydroxylamine groups is 3. The fraction of sp³-hybridized carbons (Fsp3) is 0.318. The summed E-state index contributed by atoms with van der Waals surface area (Å²) in [6.07, 6.45) is 5.87. The van der Waals surface area contributed by atoms with Crippen LogP contribution in [0.2, 0.25) is 0 Å². The summed E-state index contributed by atoms with van der Waals surface area (Å²) >= 11 is 0. The molecule has 28 heavy (non-hydrogen) atoms. The third kappa shape index (κ3) is 2.68. The molecule has 6 rings (SSSR count). The molecular weight excluding hydrogens is 350 g/mol. The van der Waals surface area contributed by atoms with Gasteiger partial charge in [-0.15, -0.1) is 0 Å². The minimum Gasteiger partial charge on any atom is -0.341 e. The number of H-pyrrole nitrogens is 1. The van der Waals surface area contributed by atoms with Crippen LogP contribution in [0, 0.1) is 5.41 Å². The Morgan fingerprint density at radius 2 is 1.86 bits per heavy atom.